The maximum absolute atomic E-state index is 12.0. The number of carbonyl (C=O) groups excluding carboxylic acids is 1. The third-order valence-electron chi connectivity index (χ3n) is 4.23. The highest BCUT2D eigenvalue weighted by Crippen LogP contribution is 2.13. The number of piperidine rings is 1. The van der Waals surface area contributed by atoms with E-state index in [1.807, 2.05) is 27.8 Å². The lowest BCUT2D eigenvalue weighted by atomic mass is 10.1. The van der Waals surface area contributed by atoms with Gasteiger partial charge in [-0.25, -0.2) is 4.68 Å². The van der Waals surface area contributed by atoms with Crippen LogP contribution >= 0.6 is 0 Å². The molecule has 1 unspecified atom stereocenters. The number of rotatable bonds is 6. The van der Waals surface area contributed by atoms with Crippen LogP contribution in [-0.2, 0) is 16.1 Å². The molecule has 7 heteroatoms. The van der Waals surface area contributed by atoms with Gasteiger partial charge >= 0.3 is 0 Å². The van der Waals surface area contributed by atoms with Crippen LogP contribution in [0.15, 0.2) is 36.8 Å². The van der Waals surface area contributed by atoms with E-state index in [0.717, 1.165) is 37.3 Å². The quantitative estimate of drug-likeness (QED) is 0.856. The molecule has 24 heavy (non-hydrogen) atoms. The van der Waals surface area contributed by atoms with Crippen molar-refractivity contribution >= 4 is 5.91 Å². The van der Waals surface area contributed by atoms with Gasteiger partial charge in [-0.05, 0) is 31.0 Å². The number of nitrogens with one attached hydrogen (secondary N) is 1. The Balaban J connectivity index is 1.58. The van der Waals surface area contributed by atoms with E-state index in [-0.39, 0.29) is 18.6 Å². The Bertz CT molecular complexity index is 658. The van der Waals surface area contributed by atoms with Crippen LogP contribution in [0.25, 0.3) is 5.69 Å². The van der Waals surface area contributed by atoms with Gasteiger partial charge < -0.3 is 15.0 Å². The fourth-order valence-electron chi connectivity index (χ4n) is 3.01. The van der Waals surface area contributed by atoms with Gasteiger partial charge in [-0.15, -0.1) is 0 Å². The first-order valence-corrected chi connectivity index (χ1v) is 8.21. The number of nitrogens with zero attached hydrogens (tertiary/aromatic N) is 4. The zero-order valence-corrected chi connectivity index (χ0v) is 13.9. The molecular formula is C17H23N5O2. The summed E-state index contributed by atoms with van der Waals surface area (Å²) < 4.78 is 6.83. The number of hydrogen-bond donors (Lipinski definition) is 1. The maximum atomic E-state index is 12.0. The van der Waals surface area contributed by atoms with Gasteiger partial charge in [-0.1, -0.05) is 0 Å². The van der Waals surface area contributed by atoms with Crippen LogP contribution < -0.4 is 5.32 Å². The number of likely N-dealkylation sites (tertiary alicyclic amines) is 1. The lowest BCUT2D eigenvalue weighted by Crippen LogP contribution is -2.48. The number of ether oxygens (including phenoxy) is 1. The van der Waals surface area contributed by atoms with Gasteiger partial charge in [0.05, 0.1) is 17.6 Å². The lowest BCUT2D eigenvalue weighted by Gasteiger charge is -2.33. The van der Waals surface area contributed by atoms with Gasteiger partial charge in [0, 0.05) is 45.2 Å². The van der Waals surface area contributed by atoms with Crippen molar-refractivity contribution in [3.05, 3.63) is 42.5 Å². The van der Waals surface area contributed by atoms with E-state index in [4.69, 9.17) is 4.74 Å². The van der Waals surface area contributed by atoms with E-state index >= 15 is 0 Å². The number of pyridine rings is 1. The smallest absolute Gasteiger partial charge is 0.248 e. The van der Waals surface area contributed by atoms with Crippen LogP contribution in [0.2, 0.25) is 0 Å². The summed E-state index contributed by atoms with van der Waals surface area (Å²) in [6.07, 6.45) is 7.41. The first-order chi connectivity index (χ1) is 11.8. The third-order valence-corrected chi connectivity index (χ3v) is 4.23. The van der Waals surface area contributed by atoms with Crippen LogP contribution in [0.4, 0.5) is 0 Å². The second-order valence-electron chi connectivity index (χ2n) is 5.94. The highest BCUT2D eigenvalue weighted by atomic mass is 16.5. The molecule has 128 valence electrons. The van der Waals surface area contributed by atoms with Crippen molar-refractivity contribution < 1.29 is 9.53 Å². The van der Waals surface area contributed by atoms with Gasteiger partial charge in [0.15, 0.2) is 0 Å². The van der Waals surface area contributed by atoms with Crippen LogP contribution in [-0.4, -0.2) is 58.4 Å². The third kappa shape index (κ3) is 3.98. The largest absolute Gasteiger partial charge is 0.375 e. The van der Waals surface area contributed by atoms with Crippen molar-refractivity contribution in [2.24, 2.45) is 0 Å². The fourth-order valence-corrected chi connectivity index (χ4v) is 3.01. The topological polar surface area (TPSA) is 72.3 Å². The highest BCUT2D eigenvalue weighted by molar-refractivity contribution is 5.77. The molecule has 2 aromatic rings. The van der Waals surface area contributed by atoms with E-state index in [1.54, 1.807) is 25.7 Å². The molecule has 1 aliphatic heterocycles. The Kier molecular flexibility index (Phi) is 5.55. The Labute approximate surface area is 141 Å². The summed E-state index contributed by atoms with van der Waals surface area (Å²) in [5, 5.41) is 7.92. The fraction of sp³-hybridized carbons (Fsp3) is 0.471. The second-order valence-corrected chi connectivity index (χ2v) is 5.94. The van der Waals surface area contributed by atoms with Crippen molar-refractivity contribution in [1.82, 2.24) is 25.0 Å². The molecule has 0 aromatic carbocycles. The molecule has 7 nitrogen and oxygen atoms in total. The van der Waals surface area contributed by atoms with Crippen molar-refractivity contribution in [1.29, 1.82) is 0 Å². The SMILES string of the molecule is COCC(=O)N1CCCC(NCc2ccnn2-c2cccnc2)C1. The Morgan fingerprint density at radius 1 is 1.42 bits per heavy atom. The van der Waals surface area contributed by atoms with Crippen molar-refractivity contribution in [2.75, 3.05) is 26.8 Å². The van der Waals surface area contributed by atoms with E-state index < -0.39 is 0 Å². The van der Waals surface area contributed by atoms with Crippen molar-refractivity contribution in [3.8, 4) is 5.69 Å². The molecule has 3 heterocycles. The second kappa shape index (κ2) is 8.03. The molecule has 3 rings (SSSR count). The Morgan fingerprint density at radius 2 is 2.33 bits per heavy atom. The lowest BCUT2D eigenvalue weighted by molar-refractivity contribution is -0.136. The number of hydrogen-bond acceptors (Lipinski definition) is 5. The summed E-state index contributed by atoms with van der Waals surface area (Å²) in [4.78, 5) is 18.0. The number of aromatic nitrogens is 3. The molecule has 1 amide bonds. The van der Waals surface area contributed by atoms with E-state index in [9.17, 15) is 4.79 Å². The van der Waals surface area contributed by atoms with Gasteiger partial charge in [-0.3, -0.25) is 9.78 Å². The van der Waals surface area contributed by atoms with E-state index in [2.05, 4.69) is 15.4 Å². The molecule has 0 radical (unpaired) electrons. The Morgan fingerprint density at radius 3 is 3.12 bits per heavy atom. The summed E-state index contributed by atoms with van der Waals surface area (Å²) in [7, 11) is 1.55. The highest BCUT2D eigenvalue weighted by Gasteiger charge is 2.23. The zero-order chi connectivity index (χ0) is 16.8. The zero-order valence-electron chi connectivity index (χ0n) is 13.9. The summed E-state index contributed by atoms with van der Waals surface area (Å²) in [5.41, 5.74) is 2.02. The van der Waals surface area contributed by atoms with E-state index in [0.29, 0.717) is 6.54 Å². The normalized spacial score (nSPS) is 17.9. The molecule has 1 N–H and O–H groups in total. The van der Waals surface area contributed by atoms with Crippen molar-refractivity contribution in [2.45, 2.75) is 25.4 Å². The average Bonchev–Trinajstić information content (AvgIpc) is 3.10. The molecule has 2 aromatic heterocycles. The summed E-state index contributed by atoms with van der Waals surface area (Å²) in [6.45, 7) is 2.39. The number of carbonyl (C=O) groups is 1. The van der Waals surface area contributed by atoms with Crippen LogP contribution in [0.1, 0.15) is 18.5 Å². The average molecular weight is 329 g/mol. The van der Waals surface area contributed by atoms with Crippen LogP contribution in [0, 0.1) is 0 Å². The van der Waals surface area contributed by atoms with Crippen LogP contribution in [0.5, 0.6) is 0 Å². The molecule has 0 saturated carbocycles. The van der Waals surface area contributed by atoms with Crippen LogP contribution in [0.3, 0.4) is 0 Å². The first kappa shape index (κ1) is 16.6. The molecule has 0 spiro atoms. The Hall–Kier alpha value is -2.25. The molecule has 1 saturated heterocycles. The first-order valence-electron chi connectivity index (χ1n) is 8.21. The van der Waals surface area contributed by atoms with Gasteiger partial charge in [0.25, 0.3) is 0 Å². The standard InChI is InChI=1S/C17H23N5O2/c1-24-13-17(23)21-9-3-4-14(12-21)19-11-16-6-8-20-22(16)15-5-2-7-18-10-15/h2,5-8,10,14,19H,3-4,9,11-13H2,1H3. The molecule has 1 fully saturated rings. The van der Waals surface area contributed by atoms with Crippen molar-refractivity contribution in [3.63, 3.8) is 0 Å². The summed E-state index contributed by atoms with van der Waals surface area (Å²) in [6, 6.07) is 6.16. The van der Waals surface area contributed by atoms with Gasteiger partial charge in [0.1, 0.15) is 6.61 Å². The van der Waals surface area contributed by atoms with Gasteiger partial charge in [-0.2, -0.15) is 5.10 Å². The minimum atomic E-state index is 0.0596. The minimum Gasteiger partial charge on any atom is -0.375 e. The molecule has 0 aliphatic carbocycles. The molecular weight excluding hydrogens is 306 g/mol. The summed E-state index contributed by atoms with van der Waals surface area (Å²) >= 11 is 0. The monoisotopic (exact) mass is 329 g/mol. The molecule has 0 bridgehead atoms. The number of amides is 1. The predicted octanol–water partition coefficient (Wildman–Crippen LogP) is 0.994. The summed E-state index contributed by atoms with van der Waals surface area (Å²) in [5.74, 6) is 0.0596. The molecule has 1 atom stereocenters. The maximum Gasteiger partial charge on any atom is 0.248 e. The predicted molar refractivity (Wildman–Crippen MR) is 89.7 cm³/mol. The van der Waals surface area contributed by atoms with E-state index in [1.165, 1.54) is 0 Å². The minimum absolute atomic E-state index is 0.0596. The van der Waals surface area contributed by atoms with Gasteiger partial charge in [0.2, 0.25) is 5.91 Å². The number of methoxy groups -OCH3 is 1. The molecule has 1 aliphatic rings.